The van der Waals surface area contributed by atoms with E-state index in [1.807, 2.05) is 20.8 Å². The van der Waals surface area contributed by atoms with Crippen LogP contribution in [0.15, 0.2) is 41.4 Å². The molecule has 0 saturated carbocycles. The number of alkyl halides is 3. The van der Waals surface area contributed by atoms with Gasteiger partial charge in [0, 0.05) is 25.4 Å². The number of hydrogen-bond donors (Lipinski definition) is 0. The first-order valence-corrected chi connectivity index (χ1v) is 11.3. The molecule has 0 saturated heterocycles. The molecular weight excluding hydrogens is 459 g/mol. The van der Waals surface area contributed by atoms with Crippen molar-refractivity contribution in [2.24, 2.45) is 0 Å². The summed E-state index contributed by atoms with van der Waals surface area (Å²) in [6, 6.07) is 5.70. The van der Waals surface area contributed by atoms with Crippen molar-refractivity contribution in [3.8, 4) is 5.88 Å². The molecule has 1 amide bonds. The largest absolute Gasteiger partial charge is 0.588 e. The normalized spacial score (nSPS) is 15.0. The average Bonchev–Trinajstić information content (AvgIpc) is 2.76. The van der Waals surface area contributed by atoms with Gasteiger partial charge in [-0.3, -0.25) is 4.79 Å². The summed E-state index contributed by atoms with van der Waals surface area (Å²) in [6.45, 7) is 6.85. The number of carbonyl (C=O) groups excluding carboxylic acids is 1. The Morgan fingerprint density at radius 2 is 1.94 bits per heavy atom. The number of fused-ring (bicyclic) bond motifs is 1. The first kappa shape index (κ1) is 25.1. The number of rotatable bonds is 6. The number of carbonyl (C=O) groups is 1. The van der Waals surface area contributed by atoms with Crippen molar-refractivity contribution in [2.45, 2.75) is 37.4 Å². The van der Waals surface area contributed by atoms with Crippen molar-refractivity contribution < 1.29 is 32.0 Å². The highest BCUT2D eigenvalue weighted by atomic mass is 32.2. The molecule has 0 bridgehead atoms. The zero-order valence-corrected chi connectivity index (χ0v) is 19.6. The number of benzene rings is 1. The topological polar surface area (TPSA) is 78.0 Å². The highest BCUT2D eigenvalue weighted by Gasteiger charge is 2.35. The molecule has 1 aromatic heterocycles. The van der Waals surface area contributed by atoms with Crippen LogP contribution in [0.25, 0.3) is 0 Å². The lowest BCUT2D eigenvalue weighted by Crippen LogP contribution is -2.47. The van der Waals surface area contributed by atoms with Crippen LogP contribution < -0.4 is 9.04 Å². The van der Waals surface area contributed by atoms with E-state index in [4.69, 9.17) is 9.47 Å². The van der Waals surface area contributed by atoms with Gasteiger partial charge in [0.05, 0.1) is 17.7 Å². The lowest BCUT2D eigenvalue weighted by molar-refractivity contribution is -0.137. The van der Waals surface area contributed by atoms with Gasteiger partial charge in [-0.1, -0.05) is 0 Å². The predicted molar refractivity (Wildman–Crippen MR) is 118 cm³/mol. The third-order valence-corrected chi connectivity index (χ3v) is 6.49. The van der Waals surface area contributed by atoms with Crippen LogP contribution in [0.3, 0.4) is 0 Å². The minimum atomic E-state index is -4.48. The number of nitrogens with zero attached hydrogens (tertiary/aromatic N) is 3. The number of methoxy groups -OCH3 is 1. The molecule has 0 aliphatic carbocycles. The zero-order valence-electron chi connectivity index (χ0n) is 18.8. The lowest BCUT2D eigenvalue weighted by Gasteiger charge is -2.36. The van der Waals surface area contributed by atoms with Crippen LogP contribution in [0.1, 0.15) is 36.7 Å². The molecule has 0 radical (unpaired) electrons. The molecule has 7 nitrogen and oxygen atoms in total. The second kappa shape index (κ2) is 9.78. The minimum Gasteiger partial charge on any atom is -0.588 e. The molecule has 1 unspecified atom stereocenters. The Morgan fingerprint density at radius 3 is 2.52 bits per heavy atom. The number of pyridine rings is 1. The van der Waals surface area contributed by atoms with Gasteiger partial charge in [-0.2, -0.15) is 17.5 Å². The Bertz CT molecular complexity index is 980. The fourth-order valence-electron chi connectivity index (χ4n) is 3.33. The van der Waals surface area contributed by atoms with E-state index in [-0.39, 0.29) is 35.4 Å². The molecule has 1 aliphatic heterocycles. The molecule has 11 heteroatoms. The summed E-state index contributed by atoms with van der Waals surface area (Å²) in [5.74, 6) is -0.0713. The van der Waals surface area contributed by atoms with Gasteiger partial charge in [-0.05, 0) is 51.1 Å². The van der Waals surface area contributed by atoms with Gasteiger partial charge < -0.3 is 18.9 Å². The van der Waals surface area contributed by atoms with Crippen molar-refractivity contribution in [3.63, 3.8) is 0 Å². The van der Waals surface area contributed by atoms with Crippen molar-refractivity contribution in [1.82, 2.24) is 9.88 Å². The Labute approximate surface area is 193 Å². The van der Waals surface area contributed by atoms with E-state index >= 15 is 0 Å². The molecule has 0 N–H and O–H groups in total. The van der Waals surface area contributed by atoms with Crippen molar-refractivity contribution >= 4 is 23.0 Å². The summed E-state index contributed by atoms with van der Waals surface area (Å²) in [6.07, 6.45) is -3.08. The van der Waals surface area contributed by atoms with E-state index in [1.54, 1.807) is 18.1 Å². The second-order valence-corrected chi connectivity index (χ2v) is 9.80. The Balaban J connectivity index is 1.91. The van der Waals surface area contributed by atoms with Gasteiger partial charge in [0.15, 0.2) is 4.90 Å². The number of hydrogen-bond acceptors (Lipinski definition) is 6. The highest BCUT2D eigenvalue weighted by molar-refractivity contribution is 7.92. The Morgan fingerprint density at radius 1 is 1.27 bits per heavy atom. The maximum atomic E-state index is 13.2. The van der Waals surface area contributed by atoms with Crippen molar-refractivity contribution in [3.05, 3.63) is 47.7 Å². The predicted octanol–water partition coefficient (Wildman–Crippen LogP) is 3.91. The summed E-state index contributed by atoms with van der Waals surface area (Å²) in [5.41, 5.74) is -0.686. The maximum absolute atomic E-state index is 13.2. The molecule has 1 atom stereocenters. The van der Waals surface area contributed by atoms with Gasteiger partial charge in [0.25, 0.3) is 5.91 Å². The molecule has 180 valence electrons. The molecule has 2 aromatic rings. The van der Waals surface area contributed by atoms with Crippen molar-refractivity contribution in [2.75, 3.05) is 37.7 Å². The molecule has 0 spiro atoms. The summed E-state index contributed by atoms with van der Waals surface area (Å²) in [4.78, 5) is 19.3. The third-order valence-electron chi connectivity index (χ3n) is 5.04. The van der Waals surface area contributed by atoms with Crippen LogP contribution >= 0.6 is 0 Å². The SMILES string of the molecule is COCCN(C(=O)c1cnc2c(c1)N([S+]([O-])c1ccc(C(F)(F)F)cc1)CCO2)C(C)(C)C. The first-order valence-electron chi connectivity index (χ1n) is 10.2. The van der Waals surface area contributed by atoms with Crippen LogP contribution in [-0.2, 0) is 22.3 Å². The summed E-state index contributed by atoms with van der Waals surface area (Å²) >= 11 is -1.82. The number of ether oxygens (including phenoxy) is 2. The van der Waals surface area contributed by atoms with E-state index in [9.17, 15) is 22.5 Å². The maximum Gasteiger partial charge on any atom is 0.416 e. The fourth-order valence-corrected chi connectivity index (χ4v) is 4.51. The standard InChI is InChI=1S/C22H26F3N3O4S/c1-21(2,3)27(9-11-31-4)20(29)15-13-18-19(26-14-15)32-12-10-28(18)33(30)17-7-5-16(6-8-17)22(23,24)25/h5-8,13-14H,9-12H2,1-4H3. The van der Waals surface area contributed by atoms with Crippen LogP contribution in [0, 0.1) is 0 Å². The van der Waals surface area contributed by atoms with Crippen molar-refractivity contribution in [1.29, 1.82) is 0 Å². The third kappa shape index (κ3) is 5.71. The van der Waals surface area contributed by atoms with E-state index in [0.29, 0.717) is 18.8 Å². The average molecular weight is 486 g/mol. The summed E-state index contributed by atoms with van der Waals surface area (Å²) < 4.78 is 63.9. The number of anilines is 1. The van der Waals surface area contributed by atoms with Crippen LogP contribution in [0.2, 0.25) is 0 Å². The van der Waals surface area contributed by atoms with E-state index in [2.05, 4.69) is 4.98 Å². The molecule has 2 heterocycles. The molecule has 3 rings (SSSR count). The summed E-state index contributed by atoms with van der Waals surface area (Å²) in [5, 5.41) is 0. The molecule has 1 aromatic carbocycles. The quantitative estimate of drug-likeness (QED) is 0.578. The number of aromatic nitrogens is 1. The first-order chi connectivity index (χ1) is 15.4. The van der Waals surface area contributed by atoms with Gasteiger partial charge in [-0.15, -0.1) is 0 Å². The number of amides is 1. The van der Waals surface area contributed by atoms with Crippen LogP contribution in [0.4, 0.5) is 18.9 Å². The summed E-state index contributed by atoms with van der Waals surface area (Å²) in [7, 11) is 1.55. The molecule has 0 fully saturated rings. The van der Waals surface area contributed by atoms with Gasteiger partial charge in [-0.25, -0.2) is 4.98 Å². The Kier molecular flexibility index (Phi) is 7.45. The molecular formula is C22H26F3N3O4S. The molecule has 33 heavy (non-hydrogen) atoms. The van der Waals surface area contributed by atoms with Crippen LogP contribution in [0.5, 0.6) is 5.88 Å². The smallest absolute Gasteiger partial charge is 0.416 e. The van der Waals surface area contributed by atoms with E-state index < -0.39 is 28.6 Å². The number of halogens is 3. The van der Waals surface area contributed by atoms with Crippen LogP contribution in [-0.4, -0.2) is 59.3 Å². The van der Waals surface area contributed by atoms with E-state index in [1.165, 1.54) is 22.6 Å². The highest BCUT2D eigenvalue weighted by Crippen LogP contribution is 2.36. The van der Waals surface area contributed by atoms with E-state index in [0.717, 1.165) is 12.1 Å². The Hall–Kier alpha value is -2.50. The second-order valence-electron chi connectivity index (χ2n) is 8.39. The van der Waals surface area contributed by atoms with Gasteiger partial charge in [0.1, 0.15) is 30.2 Å². The van der Waals surface area contributed by atoms with Gasteiger partial charge >= 0.3 is 6.18 Å². The molecule has 1 aliphatic rings. The zero-order chi connectivity index (χ0) is 24.4. The monoisotopic (exact) mass is 485 g/mol. The van der Waals surface area contributed by atoms with Gasteiger partial charge in [0.2, 0.25) is 5.88 Å². The minimum absolute atomic E-state index is 0.196. The lowest BCUT2D eigenvalue weighted by atomic mass is 10.0. The fraction of sp³-hybridized carbons (Fsp3) is 0.455.